The molecule has 240 valence electrons. The highest BCUT2D eigenvalue weighted by Crippen LogP contribution is 2.28. The van der Waals surface area contributed by atoms with E-state index in [0.717, 1.165) is 19.7 Å². The van der Waals surface area contributed by atoms with Gasteiger partial charge in [-0.2, -0.15) is 8.61 Å². The van der Waals surface area contributed by atoms with E-state index in [2.05, 4.69) is 0 Å². The number of methoxy groups -OCH3 is 2. The molecule has 0 spiro atoms. The number of amides is 2. The molecule has 4 rings (SSSR count). The summed E-state index contributed by atoms with van der Waals surface area (Å²) in [5.74, 6) is 0. The molecular weight excluding hydrogens is 612 g/mol. The molecule has 14 heteroatoms. The minimum atomic E-state index is -3.98. The van der Waals surface area contributed by atoms with Gasteiger partial charge in [-0.1, -0.05) is 59.7 Å². The summed E-state index contributed by atoms with van der Waals surface area (Å²) in [5.41, 5.74) is 1.87. The molecule has 2 aliphatic heterocycles. The predicted octanol–water partition coefficient (Wildman–Crippen LogP) is 4.19. The van der Waals surface area contributed by atoms with Gasteiger partial charge in [0.25, 0.3) is 20.0 Å². The fourth-order valence-electron chi connectivity index (χ4n) is 4.61. The molecule has 2 aromatic rings. The van der Waals surface area contributed by atoms with Crippen molar-refractivity contribution >= 4 is 32.2 Å². The summed E-state index contributed by atoms with van der Waals surface area (Å²) < 4.78 is 72.9. The van der Waals surface area contributed by atoms with Crippen LogP contribution in [-0.2, 0) is 39.0 Å². The molecule has 2 aliphatic rings. The maximum atomic E-state index is 12.7. The Balaban J connectivity index is 0.000000240. The van der Waals surface area contributed by atoms with Crippen molar-refractivity contribution in [2.24, 2.45) is 0 Å². The van der Waals surface area contributed by atoms with Gasteiger partial charge < -0.3 is 18.9 Å². The van der Waals surface area contributed by atoms with Crippen LogP contribution in [0.4, 0.5) is 9.59 Å². The Labute approximate surface area is 258 Å². The third-order valence-corrected chi connectivity index (χ3v) is 10.6. The number of benzene rings is 2. The molecule has 2 amide bonds. The summed E-state index contributed by atoms with van der Waals surface area (Å²) in [6.07, 6.45) is 4.01. The molecule has 44 heavy (non-hydrogen) atoms. The molecule has 4 atom stereocenters. The van der Waals surface area contributed by atoms with E-state index in [1.807, 2.05) is 13.8 Å². The second kappa shape index (κ2) is 14.8. The number of sulfonamides is 2. The van der Waals surface area contributed by atoms with E-state index in [0.29, 0.717) is 0 Å². The fourth-order valence-corrected chi connectivity index (χ4v) is 7.60. The lowest BCUT2D eigenvalue weighted by Crippen LogP contribution is -2.45. The van der Waals surface area contributed by atoms with Crippen molar-refractivity contribution in [2.75, 3.05) is 27.4 Å². The quantitative estimate of drug-likeness (QED) is 0.343. The van der Waals surface area contributed by atoms with E-state index < -0.39 is 56.5 Å². The minimum absolute atomic E-state index is 0.0349. The number of carbonyl (C=O) groups is 2. The Bertz CT molecular complexity index is 1450. The summed E-state index contributed by atoms with van der Waals surface area (Å²) in [4.78, 5) is 24.0. The molecule has 0 unspecified atom stereocenters. The van der Waals surface area contributed by atoms with Gasteiger partial charge in [0, 0.05) is 14.2 Å². The second-order valence-corrected chi connectivity index (χ2v) is 13.6. The van der Waals surface area contributed by atoms with Gasteiger partial charge in [0.15, 0.2) is 0 Å². The first-order valence-corrected chi connectivity index (χ1v) is 16.6. The Morgan fingerprint density at radius 2 is 1.00 bits per heavy atom. The zero-order valence-electron chi connectivity index (χ0n) is 25.4. The van der Waals surface area contributed by atoms with Gasteiger partial charge in [0.2, 0.25) is 0 Å². The number of rotatable bonds is 10. The summed E-state index contributed by atoms with van der Waals surface area (Å²) in [5, 5.41) is 0. The van der Waals surface area contributed by atoms with Crippen molar-refractivity contribution in [3.05, 3.63) is 84.0 Å². The van der Waals surface area contributed by atoms with Crippen LogP contribution in [0, 0.1) is 13.8 Å². The maximum Gasteiger partial charge on any atom is 0.424 e. The number of carbonyl (C=O) groups excluding carboxylic acids is 2. The average molecular weight is 651 g/mol. The molecule has 2 aromatic carbocycles. The highest BCUT2D eigenvalue weighted by molar-refractivity contribution is 7.90. The Kier molecular flexibility index (Phi) is 11.7. The Morgan fingerprint density at radius 3 is 1.27 bits per heavy atom. The highest BCUT2D eigenvalue weighted by atomic mass is 32.2. The van der Waals surface area contributed by atoms with Crippen LogP contribution in [0.15, 0.2) is 82.6 Å². The van der Waals surface area contributed by atoms with Crippen molar-refractivity contribution in [3.63, 3.8) is 0 Å². The van der Waals surface area contributed by atoms with Crippen molar-refractivity contribution in [1.29, 1.82) is 0 Å². The van der Waals surface area contributed by atoms with Crippen LogP contribution in [-0.4, -0.2) is 89.4 Å². The fraction of sp³-hybridized carbons (Fsp3) is 0.400. The van der Waals surface area contributed by atoms with Gasteiger partial charge in [-0.25, -0.2) is 26.4 Å². The number of ether oxygens (including phenoxy) is 4. The van der Waals surface area contributed by atoms with Gasteiger partial charge in [-0.3, -0.25) is 0 Å². The SMILES string of the molecule is C/C=C/[C@H](OC)[C@H]1COC(=O)N1S(=O)(=O)c1ccc(C)cc1.C/C=C/[C@H](OC)[C@H]1COC(=O)N1S(=O)(=O)c1ccc(C)cc1. The smallest absolute Gasteiger partial charge is 0.424 e. The van der Waals surface area contributed by atoms with E-state index in [-0.39, 0.29) is 23.0 Å². The molecule has 2 heterocycles. The summed E-state index contributed by atoms with van der Waals surface area (Å²) in [6.45, 7) is 7.23. The standard InChI is InChI=1S/2C15H19NO5S/c2*1-4-5-14(20-3)13-10-21-15(17)16(13)22(18,19)12-8-6-11(2)7-9-12/h2*4-9,13-14H,10H2,1-3H3/b2*5-4+/t2*13-,14+/m11/s1. The van der Waals surface area contributed by atoms with Gasteiger partial charge in [-0.05, 0) is 52.0 Å². The van der Waals surface area contributed by atoms with Crippen LogP contribution in [0.1, 0.15) is 25.0 Å². The Morgan fingerprint density at radius 1 is 0.682 bits per heavy atom. The molecule has 0 radical (unpaired) electrons. The van der Waals surface area contributed by atoms with Gasteiger partial charge in [0.1, 0.15) is 37.5 Å². The largest absolute Gasteiger partial charge is 0.446 e. The topological polar surface area (TPSA) is 146 Å². The summed E-state index contributed by atoms with van der Waals surface area (Å²) >= 11 is 0. The molecular formula is C30H38N2O10S2. The first-order chi connectivity index (χ1) is 20.8. The molecule has 0 aromatic heterocycles. The zero-order chi connectivity index (χ0) is 32.7. The first-order valence-electron chi connectivity index (χ1n) is 13.7. The Hall–Kier alpha value is -3.72. The van der Waals surface area contributed by atoms with E-state index in [1.165, 1.54) is 38.5 Å². The number of allylic oxidation sites excluding steroid dienone is 2. The van der Waals surface area contributed by atoms with E-state index in [4.69, 9.17) is 18.9 Å². The number of nitrogens with zero attached hydrogens (tertiary/aromatic N) is 2. The number of cyclic esters (lactones) is 2. The second-order valence-electron chi connectivity index (χ2n) is 9.97. The highest BCUT2D eigenvalue weighted by Gasteiger charge is 2.47. The van der Waals surface area contributed by atoms with Crippen LogP contribution in [0.25, 0.3) is 0 Å². The van der Waals surface area contributed by atoms with E-state index in [9.17, 15) is 26.4 Å². The lowest BCUT2D eigenvalue weighted by molar-refractivity contribution is 0.0915. The zero-order valence-corrected chi connectivity index (χ0v) is 27.1. The van der Waals surface area contributed by atoms with E-state index >= 15 is 0 Å². The number of hydrogen-bond acceptors (Lipinski definition) is 10. The molecule has 2 fully saturated rings. The van der Waals surface area contributed by atoms with Crippen LogP contribution in [0.3, 0.4) is 0 Å². The predicted molar refractivity (Wildman–Crippen MR) is 162 cm³/mol. The molecule has 2 saturated heterocycles. The first kappa shape index (κ1) is 34.8. The van der Waals surface area contributed by atoms with Gasteiger partial charge >= 0.3 is 12.2 Å². The van der Waals surface area contributed by atoms with Crippen LogP contribution in [0.2, 0.25) is 0 Å². The summed E-state index contributed by atoms with van der Waals surface area (Å²) in [7, 11) is -5.04. The minimum Gasteiger partial charge on any atom is -0.446 e. The third-order valence-electron chi connectivity index (χ3n) is 6.94. The molecule has 0 saturated carbocycles. The van der Waals surface area contributed by atoms with Crippen molar-refractivity contribution in [1.82, 2.24) is 8.61 Å². The number of aryl methyl sites for hydroxylation is 2. The molecule has 12 nitrogen and oxygen atoms in total. The molecule has 0 N–H and O–H groups in total. The lowest BCUT2D eigenvalue weighted by atomic mass is 10.1. The lowest BCUT2D eigenvalue weighted by Gasteiger charge is -2.25. The average Bonchev–Trinajstić information content (AvgIpc) is 3.58. The van der Waals surface area contributed by atoms with Gasteiger partial charge in [0.05, 0.1) is 9.79 Å². The summed E-state index contributed by atoms with van der Waals surface area (Å²) in [6, 6.07) is 11.2. The molecule has 0 aliphatic carbocycles. The van der Waals surface area contributed by atoms with Crippen molar-refractivity contribution < 1.29 is 45.4 Å². The van der Waals surface area contributed by atoms with Crippen LogP contribution < -0.4 is 0 Å². The van der Waals surface area contributed by atoms with Crippen LogP contribution in [0.5, 0.6) is 0 Å². The monoisotopic (exact) mass is 650 g/mol. The van der Waals surface area contributed by atoms with E-state index in [1.54, 1.807) is 62.4 Å². The van der Waals surface area contributed by atoms with Crippen LogP contribution >= 0.6 is 0 Å². The third kappa shape index (κ3) is 7.49. The van der Waals surface area contributed by atoms with Gasteiger partial charge in [-0.15, -0.1) is 0 Å². The number of hydrogen-bond donors (Lipinski definition) is 0. The van der Waals surface area contributed by atoms with Crippen molar-refractivity contribution in [3.8, 4) is 0 Å². The molecule has 0 bridgehead atoms. The van der Waals surface area contributed by atoms with Crippen molar-refractivity contribution in [2.45, 2.75) is 61.8 Å². The normalized spacial score (nSPS) is 20.4. The maximum absolute atomic E-state index is 12.7.